The van der Waals surface area contributed by atoms with Crippen molar-refractivity contribution in [3.63, 3.8) is 0 Å². The molecule has 0 bridgehead atoms. The number of hydrogen-bond donors (Lipinski definition) is 2. The van der Waals surface area contributed by atoms with E-state index < -0.39 is 0 Å². The molecule has 0 aliphatic rings. The van der Waals surface area contributed by atoms with Crippen molar-refractivity contribution in [1.29, 1.82) is 0 Å². The third-order valence-electron chi connectivity index (χ3n) is 3.80. The van der Waals surface area contributed by atoms with Crippen molar-refractivity contribution >= 4 is 45.1 Å². The predicted octanol–water partition coefficient (Wildman–Crippen LogP) is 1.01. The summed E-state index contributed by atoms with van der Waals surface area (Å²) in [4.78, 5) is 42.5. The van der Waals surface area contributed by atoms with Gasteiger partial charge < -0.3 is 15.4 Å². The summed E-state index contributed by atoms with van der Waals surface area (Å²) in [6.07, 6.45) is 1.51. The van der Waals surface area contributed by atoms with E-state index in [4.69, 9.17) is 4.74 Å². The molecule has 2 amide bonds. The zero-order valence-corrected chi connectivity index (χ0v) is 17.3. The first-order valence-corrected chi connectivity index (χ1v) is 10.4. The highest BCUT2D eigenvalue weighted by Gasteiger charge is 2.15. The van der Waals surface area contributed by atoms with Crippen LogP contribution in [-0.2, 0) is 27.3 Å². The number of ether oxygens (including phenoxy) is 1. The molecule has 0 aromatic carbocycles. The summed E-state index contributed by atoms with van der Waals surface area (Å²) in [6, 6.07) is 1.90. The van der Waals surface area contributed by atoms with Gasteiger partial charge in [-0.1, -0.05) is 18.7 Å². The number of methoxy groups -OCH3 is 1. The molecule has 0 saturated carbocycles. The Morgan fingerprint density at radius 3 is 2.81 bits per heavy atom. The van der Waals surface area contributed by atoms with Crippen molar-refractivity contribution < 1.29 is 14.3 Å². The summed E-state index contributed by atoms with van der Waals surface area (Å²) in [6.45, 7) is 2.96. The number of amides is 2. The second-order valence-electron chi connectivity index (χ2n) is 5.72. The first kappa shape index (κ1) is 21.4. The zero-order chi connectivity index (χ0) is 19.8. The molecule has 0 radical (unpaired) electrons. The van der Waals surface area contributed by atoms with E-state index in [1.54, 1.807) is 11.7 Å². The number of hydrogen-bond acceptors (Lipinski definition) is 7. The van der Waals surface area contributed by atoms with Gasteiger partial charge in [-0.25, -0.2) is 4.98 Å². The van der Waals surface area contributed by atoms with Crippen LogP contribution >= 0.6 is 23.1 Å². The lowest BCUT2D eigenvalue weighted by molar-refractivity contribution is -0.124. The average molecular weight is 413 g/mol. The topological polar surface area (TPSA) is 102 Å². The van der Waals surface area contributed by atoms with Gasteiger partial charge in [0, 0.05) is 32.2 Å². The number of thiophene rings is 1. The zero-order valence-electron chi connectivity index (χ0n) is 15.7. The van der Waals surface area contributed by atoms with E-state index in [9.17, 15) is 14.4 Å². The molecule has 148 valence electrons. The lowest BCUT2D eigenvalue weighted by Gasteiger charge is -2.11. The number of nitrogens with one attached hydrogen (secondary N) is 2. The standard InChI is InChI=1S/C17H24N4O4S2/c1-4-11-8-12-15(27-11)20-17(21(16(12)24)6-5-7-25-3)26-10-14(23)19-9-13(22)18-2/h8H,4-7,9-10H2,1-3H3,(H,18,22)(H,19,23). The molecule has 0 saturated heterocycles. The first-order chi connectivity index (χ1) is 13.0. The van der Waals surface area contributed by atoms with E-state index in [2.05, 4.69) is 15.6 Å². The van der Waals surface area contributed by atoms with Gasteiger partial charge in [-0.2, -0.15) is 0 Å². The molecule has 0 unspecified atom stereocenters. The minimum Gasteiger partial charge on any atom is -0.385 e. The highest BCUT2D eigenvalue weighted by atomic mass is 32.2. The number of carbonyl (C=O) groups is 2. The molecule has 2 aromatic rings. The smallest absolute Gasteiger partial charge is 0.262 e. The van der Waals surface area contributed by atoms with Crippen LogP contribution in [0.2, 0.25) is 0 Å². The second-order valence-corrected chi connectivity index (χ2v) is 7.78. The molecule has 2 heterocycles. The van der Waals surface area contributed by atoms with Crippen LogP contribution in [0, 0.1) is 0 Å². The van der Waals surface area contributed by atoms with Crippen LogP contribution in [0.4, 0.5) is 0 Å². The largest absolute Gasteiger partial charge is 0.385 e. The molecule has 0 aliphatic heterocycles. The average Bonchev–Trinajstić information content (AvgIpc) is 3.10. The highest BCUT2D eigenvalue weighted by Crippen LogP contribution is 2.25. The quantitative estimate of drug-likeness (QED) is 0.343. The van der Waals surface area contributed by atoms with Crippen LogP contribution in [0.3, 0.4) is 0 Å². The van der Waals surface area contributed by atoms with E-state index in [1.165, 1.54) is 30.1 Å². The Morgan fingerprint density at radius 2 is 2.15 bits per heavy atom. The Kier molecular flexibility index (Phi) is 8.26. The van der Waals surface area contributed by atoms with Crippen molar-refractivity contribution in [1.82, 2.24) is 20.2 Å². The third-order valence-corrected chi connectivity index (χ3v) is 5.95. The number of aryl methyl sites for hydroxylation is 1. The van der Waals surface area contributed by atoms with Gasteiger partial charge in [0.15, 0.2) is 5.16 Å². The minimum atomic E-state index is -0.290. The van der Waals surface area contributed by atoms with Gasteiger partial charge in [0.2, 0.25) is 11.8 Å². The predicted molar refractivity (Wildman–Crippen MR) is 108 cm³/mol. The molecule has 27 heavy (non-hydrogen) atoms. The molecule has 2 aromatic heterocycles. The van der Waals surface area contributed by atoms with E-state index in [0.29, 0.717) is 34.9 Å². The van der Waals surface area contributed by atoms with Crippen molar-refractivity contribution in [2.45, 2.75) is 31.5 Å². The molecule has 0 atom stereocenters. The van der Waals surface area contributed by atoms with Crippen LogP contribution in [-0.4, -0.2) is 54.4 Å². The maximum absolute atomic E-state index is 12.9. The minimum absolute atomic E-state index is 0.0746. The highest BCUT2D eigenvalue weighted by molar-refractivity contribution is 7.99. The fourth-order valence-electron chi connectivity index (χ4n) is 2.34. The Balaban J connectivity index is 2.21. The normalized spacial score (nSPS) is 10.9. The van der Waals surface area contributed by atoms with Crippen LogP contribution < -0.4 is 16.2 Å². The van der Waals surface area contributed by atoms with E-state index >= 15 is 0 Å². The molecule has 2 rings (SSSR count). The lowest BCUT2D eigenvalue weighted by atomic mass is 10.3. The molecule has 8 nitrogen and oxygen atoms in total. The molecule has 0 aliphatic carbocycles. The van der Waals surface area contributed by atoms with Crippen LogP contribution in [0.25, 0.3) is 10.2 Å². The summed E-state index contributed by atoms with van der Waals surface area (Å²) >= 11 is 2.69. The van der Waals surface area contributed by atoms with Gasteiger partial charge >= 0.3 is 0 Å². The van der Waals surface area contributed by atoms with Crippen LogP contribution in [0.15, 0.2) is 16.0 Å². The van der Waals surface area contributed by atoms with Gasteiger partial charge in [-0.05, 0) is 18.9 Å². The maximum atomic E-state index is 12.9. The number of rotatable bonds is 10. The molecule has 0 fully saturated rings. The first-order valence-electron chi connectivity index (χ1n) is 8.62. The van der Waals surface area contributed by atoms with Crippen molar-refractivity contribution in [3.05, 3.63) is 21.3 Å². The van der Waals surface area contributed by atoms with Gasteiger partial charge in [-0.15, -0.1) is 11.3 Å². The summed E-state index contributed by atoms with van der Waals surface area (Å²) in [5.74, 6) is -0.484. The van der Waals surface area contributed by atoms with E-state index in [0.717, 1.165) is 11.3 Å². The van der Waals surface area contributed by atoms with Crippen molar-refractivity contribution in [3.8, 4) is 0 Å². The Hall–Kier alpha value is -1.91. The number of carbonyl (C=O) groups excluding carboxylic acids is 2. The molecular weight excluding hydrogens is 388 g/mol. The summed E-state index contributed by atoms with van der Waals surface area (Å²) < 4.78 is 6.67. The Bertz CT molecular complexity index is 862. The molecule has 2 N–H and O–H groups in total. The SMILES string of the molecule is CCc1cc2c(=O)n(CCCOC)c(SCC(=O)NCC(=O)NC)nc2s1. The van der Waals surface area contributed by atoms with Crippen LogP contribution in [0.5, 0.6) is 0 Å². The molecular formula is C17H24N4O4S2. The number of thioether (sulfide) groups is 1. The van der Waals surface area contributed by atoms with Crippen molar-refractivity contribution in [2.75, 3.05) is 33.1 Å². The number of fused-ring (bicyclic) bond motifs is 1. The molecule has 10 heteroatoms. The number of likely N-dealkylation sites (N-methyl/N-ethyl adjacent to an activating group) is 1. The fraction of sp³-hybridized carbons (Fsp3) is 0.529. The lowest BCUT2D eigenvalue weighted by Crippen LogP contribution is -2.36. The van der Waals surface area contributed by atoms with Gasteiger partial charge in [0.1, 0.15) is 4.83 Å². The van der Waals surface area contributed by atoms with E-state index in [-0.39, 0.29) is 29.7 Å². The second kappa shape index (κ2) is 10.4. The van der Waals surface area contributed by atoms with Crippen LogP contribution in [0.1, 0.15) is 18.2 Å². The van der Waals surface area contributed by atoms with Gasteiger partial charge in [0.25, 0.3) is 5.56 Å². The van der Waals surface area contributed by atoms with Gasteiger partial charge in [0.05, 0.1) is 17.7 Å². The van der Waals surface area contributed by atoms with Gasteiger partial charge in [-0.3, -0.25) is 19.0 Å². The Morgan fingerprint density at radius 1 is 1.37 bits per heavy atom. The van der Waals surface area contributed by atoms with Crippen molar-refractivity contribution in [2.24, 2.45) is 0 Å². The monoisotopic (exact) mass is 412 g/mol. The summed E-state index contributed by atoms with van der Waals surface area (Å²) in [5.41, 5.74) is -0.0969. The Labute approximate surface area is 165 Å². The fourth-order valence-corrected chi connectivity index (χ4v) is 4.21. The van der Waals surface area contributed by atoms with E-state index in [1.807, 2.05) is 13.0 Å². The molecule has 0 spiro atoms. The summed E-state index contributed by atoms with van der Waals surface area (Å²) in [5, 5.41) is 6.09. The summed E-state index contributed by atoms with van der Waals surface area (Å²) in [7, 11) is 3.12. The third kappa shape index (κ3) is 5.78. The number of aromatic nitrogens is 2. The number of nitrogens with zero attached hydrogens (tertiary/aromatic N) is 2. The maximum Gasteiger partial charge on any atom is 0.262 e.